The second kappa shape index (κ2) is 7.72. The number of carbonyl (C=O) groups excluding carboxylic acids is 1. The lowest BCUT2D eigenvalue weighted by atomic mass is 10.00. The van der Waals surface area contributed by atoms with Crippen molar-refractivity contribution in [2.45, 2.75) is 32.9 Å². The molecule has 1 aromatic carbocycles. The zero-order valence-corrected chi connectivity index (χ0v) is 16.7. The van der Waals surface area contributed by atoms with Gasteiger partial charge in [0.1, 0.15) is 0 Å². The van der Waals surface area contributed by atoms with Crippen molar-refractivity contribution in [3.8, 4) is 0 Å². The van der Waals surface area contributed by atoms with Gasteiger partial charge in [0.15, 0.2) is 5.65 Å². The highest BCUT2D eigenvalue weighted by Crippen LogP contribution is 2.23. The van der Waals surface area contributed by atoms with Gasteiger partial charge in [-0.15, -0.1) is 0 Å². The van der Waals surface area contributed by atoms with Crippen molar-refractivity contribution in [2.24, 2.45) is 13.0 Å². The molecule has 6 nitrogen and oxygen atoms in total. The summed E-state index contributed by atoms with van der Waals surface area (Å²) in [6.45, 7) is 7.07. The van der Waals surface area contributed by atoms with Crippen LogP contribution in [-0.2, 0) is 13.6 Å². The molecule has 2 atom stereocenters. The largest absolute Gasteiger partial charge is 0.349 e. The number of pyridine rings is 1. The Hall–Kier alpha value is -2.73. The predicted molar refractivity (Wildman–Crippen MR) is 110 cm³/mol. The van der Waals surface area contributed by atoms with Crippen molar-refractivity contribution in [2.75, 3.05) is 13.1 Å². The van der Waals surface area contributed by atoms with E-state index in [9.17, 15) is 4.79 Å². The van der Waals surface area contributed by atoms with Gasteiger partial charge in [0.05, 0.1) is 17.1 Å². The van der Waals surface area contributed by atoms with Crippen LogP contribution in [0.1, 0.15) is 35.0 Å². The number of likely N-dealkylation sites (tertiary alicyclic amines) is 1. The zero-order chi connectivity index (χ0) is 19.7. The Morgan fingerprint density at radius 3 is 2.89 bits per heavy atom. The molecule has 1 fully saturated rings. The molecular weight excluding hydrogens is 350 g/mol. The van der Waals surface area contributed by atoms with Crippen LogP contribution in [0.3, 0.4) is 0 Å². The fourth-order valence-corrected chi connectivity index (χ4v) is 4.09. The summed E-state index contributed by atoms with van der Waals surface area (Å²) in [5.41, 5.74) is 3.56. The van der Waals surface area contributed by atoms with Gasteiger partial charge in [0, 0.05) is 31.9 Å². The average Bonchev–Trinajstić information content (AvgIpc) is 3.29. The monoisotopic (exact) mass is 377 g/mol. The van der Waals surface area contributed by atoms with Crippen molar-refractivity contribution >= 4 is 16.9 Å². The third-order valence-corrected chi connectivity index (χ3v) is 5.70. The number of nitrogens with zero attached hydrogens (tertiary/aromatic N) is 4. The topological polar surface area (TPSA) is 63.1 Å². The summed E-state index contributed by atoms with van der Waals surface area (Å²) >= 11 is 0. The highest BCUT2D eigenvalue weighted by Gasteiger charge is 2.28. The molecule has 28 heavy (non-hydrogen) atoms. The van der Waals surface area contributed by atoms with E-state index in [0.717, 1.165) is 42.8 Å². The summed E-state index contributed by atoms with van der Waals surface area (Å²) < 4.78 is 1.71. The number of rotatable bonds is 5. The van der Waals surface area contributed by atoms with Crippen molar-refractivity contribution in [1.29, 1.82) is 0 Å². The molecule has 0 spiro atoms. The molecule has 1 aliphatic rings. The number of aromatic nitrogens is 3. The first kappa shape index (κ1) is 18.6. The highest BCUT2D eigenvalue weighted by atomic mass is 16.1. The quantitative estimate of drug-likeness (QED) is 0.743. The minimum Gasteiger partial charge on any atom is -0.349 e. The van der Waals surface area contributed by atoms with Crippen LogP contribution in [0.25, 0.3) is 11.0 Å². The van der Waals surface area contributed by atoms with Gasteiger partial charge < -0.3 is 5.32 Å². The van der Waals surface area contributed by atoms with Gasteiger partial charge in [-0.3, -0.25) is 14.4 Å². The van der Waals surface area contributed by atoms with Gasteiger partial charge in [-0.05, 0) is 44.4 Å². The molecule has 0 bridgehead atoms. The normalized spacial score (nSPS) is 18.5. The molecule has 1 aliphatic heterocycles. The molecule has 4 rings (SSSR count). The zero-order valence-electron chi connectivity index (χ0n) is 16.7. The first-order valence-electron chi connectivity index (χ1n) is 9.88. The Bertz CT molecular complexity index is 981. The molecular formula is C22H27N5O. The lowest BCUT2D eigenvalue weighted by Crippen LogP contribution is -2.39. The first-order valence-corrected chi connectivity index (χ1v) is 9.88. The van der Waals surface area contributed by atoms with E-state index in [1.807, 2.05) is 26.1 Å². The van der Waals surface area contributed by atoms with E-state index in [-0.39, 0.29) is 11.9 Å². The summed E-state index contributed by atoms with van der Waals surface area (Å²) in [7, 11) is 1.85. The molecule has 0 unspecified atom stereocenters. The van der Waals surface area contributed by atoms with Crippen LogP contribution in [0, 0.1) is 12.8 Å². The lowest BCUT2D eigenvalue weighted by Gasteiger charge is -2.22. The maximum atomic E-state index is 13.0. The lowest BCUT2D eigenvalue weighted by molar-refractivity contribution is 0.0928. The van der Waals surface area contributed by atoms with Gasteiger partial charge >= 0.3 is 0 Å². The van der Waals surface area contributed by atoms with Crippen LogP contribution in [0.2, 0.25) is 0 Å². The number of hydrogen-bond acceptors (Lipinski definition) is 4. The molecule has 0 aliphatic carbocycles. The summed E-state index contributed by atoms with van der Waals surface area (Å²) in [6.07, 6.45) is 2.82. The van der Waals surface area contributed by atoms with Crippen LogP contribution in [0.5, 0.6) is 0 Å². The predicted octanol–water partition coefficient (Wildman–Crippen LogP) is 2.92. The van der Waals surface area contributed by atoms with Gasteiger partial charge in [0.25, 0.3) is 5.91 Å². The fraction of sp³-hybridized carbons (Fsp3) is 0.409. The Balaban J connectivity index is 1.41. The van der Waals surface area contributed by atoms with Crippen molar-refractivity contribution in [1.82, 2.24) is 25.0 Å². The van der Waals surface area contributed by atoms with Crippen LogP contribution in [0.4, 0.5) is 0 Å². The molecule has 2 aromatic heterocycles. The molecule has 1 saturated heterocycles. The molecule has 6 heteroatoms. The van der Waals surface area contributed by atoms with E-state index < -0.39 is 0 Å². The SMILES string of the molecule is Cc1cc(C(=O)N[C@@H](C)[C@@H]2CCN(Cc3ccccc3)C2)c2cnn(C)c2n1. The minimum atomic E-state index is -0.0440. The smallest absolute Gasteiger partial charge is 0.252 e. The third-order valence-electron chi connectivity index (χ3n) is 5.70. The van der Waals surface area contributed by atoms with Crippen LogP contribution in [-0.4, -0.2) is 44.7 Å². The van der Waals surface area contributed by atoms with Crippen molar-refractivity contribution in [3.63, 3.8) is 0 Å². The Labute approximate surface area is 165 Å². The number of amides is 1. The summed E-state index contributed by atoms with van der Waals surface area (Å²) in [5, 5.41) is 8.28. The molecule has 3 heterocycles. The summed E-state index contributed by atoms with van der Waals surface area (Å²) in [6, 6.07) is 12.5. The minimum absolute atomic E-state index is 0.0440. The number of fused-ring (bicyclic) bond motifs is 1. The maximum absolute atomic E-state index is 13.0. The number of benzene rings is 1. The van der Waals surface area contributed by atoms with Crippen molar-refractivity contribution < 1.29 is 4.79 Å². The van der Waals surface area contributed by atoms with E-state index >= 15 is 0 Å². The van der Waals surface area contributed by atoms with E-state index in [0.29, 0.717) is 11.5 Å². The van der Waals surface area contributed by atoms with Crippen molar-refractivity contribution in [3.05, 3.63) is 59.4 Å². The Kier molecular flexibility index (Phi) is 5.13. The fourth-order valence-electron chi connectivity index (χ4n) is 4.09. The number of aryl methyl sites for hydroxylation is 2. The second-order valence-corrected chi connectivity index (χ2v) is 7.85. The first-order chi connectivity index (χ1) is 13.5. The van der Waals surface area contributed by atoms with Crippen LogP contribution in [0.15, 0.2) is 42.6 Å². The number of nitrogens with one attached hydrogen (secondary N) is 1. The molecule has 1 amide bonds. The van der Waals surface area contributed by atoms with Gasteiger partial charge in [-0.2, -0.15) is 5.10 Å². The highest BCUT2D eigenvalue weighted by molar-refractivity contribution is 6.05. The van der Waals surface area contributed by atoms with E-state index in [1.54, 1.807) is 10.9 Å². The third kappa shape index (κ3) is 3.78. The van der Waals surface area contributed by atoms with Gasteiger partial charge in [0.2, 0.25) is 0 Å². The van der Waals surface area contributed by atoms with E-state index in [2.05, 4.69) is 51.5 Å². The number of carbonyl (C=O) groups is 1. The maximum Gasteiger partial charge on any atom is 0.252 e. The van der Waals surface area contributed by atoms with Crippen LogP contribution >= 0.6 is 0 Å². The second-order valence-electron chi connectivity index (χ2n) is 7.85. The average molecular weight is 377 g/mol. The van der Waals surface area contributed by atoms with Gasteiger partial charge in [-0.1, -0.05) is 30.3 Å². The number of hydrogen-bond donors (Lipinski definition) is 1. The van der Waals surface area contributed by atoms with Gasteiger partial charge in [-0.25, -0.2) is 4.98 Å². The standard InChI is InChI=1S/C22H27N5O/c1-15-11-19(20-12-23-26(3)21(20)24-15)22(28)25-16(2)18-9-10-27(14-18)13-17-7-5-4-6-8-17/h4-8,11-12,16,18H,9-10,13-14H2,1-3H3,(H,25,28)/t16-,18+/m0/s1. The van der Waals surface area contributed by atoms with E-state index in [4.69, 9.17) is 0 Å². The molecule has 146 valence electrons. The molecule has 3 aromatic rings. The van der Waals surface area contributed by atoms with E-state index in [1.165, 1.54) is 5.56 Å². The molecule has 1 N–H and O–H groups in total. The summed E-state index contributed by atoms with van der Waals surface area (Å²) in [4.78, 5) is 19.9. The Morgan fingerprint density at radius 1 is 1.32 bits per heavy atom. The van der Waals surface area contributed by atoms with Crippen LogP contribution < -0.4 is 5.32 Å². The molecule has 0 radical (unpaired) electrons. The summed E-state index contributed by atoms with van der Waals surface area (Å²) in [5.74, 6) is 0.414. The molecule has 0 saturated carbocycles. The Morgan fingerprint density at radius 2 is 2.11 bits per heavy atom.